The summed E-state index contributed by atoms with van der Waals surface area (Å²) < 4.78 is 24.5. The van der Waals surface area contributed by atoms with Crippen LogP contribution in [0.3, 0.4) is 0 Å². The molecule has 1 aliphatic rings. The zero-order valence-electron chi connectivity index (χ0n) is 19.3. The van der Waals surface area contributed by atoms with Crippen molar-refractivity contribution in [2.45, 2.75) is 19.9 Å². The Morgan fingerprint density at radius 1 is 0.912 bits per heavy atom. The summed E-state index contributed by atoms with van der Waals surface area (Å²) in [6.45, 7) is 3.61. The van der Waals surface area contributed by atoms with Gasteiger partial charge in [-0.15, -0.1) is 0 Å². The lowest BCUT2D eigenvalue weighted by Gasteiger charge is -2.26. The van der Waals surface area contributed by atoms with Gasteiger partial charge in [0.2, 0.25) is 0 Å². The summed E-state index contributed by atoms with van der Waals surface area (Å²) in [6, 6.07) is 14.7. The SMILES string of the molecule is COc1cc(C)c(/C(O)=C2\C(=O)C(=O)N(c3ccc(F)cc3)C2c2ccccc2OC)cc1C. The molecule has 0 spiro atoms. The van der Waals surface area contributed by atoms with E-state index in [4.69, 9.17) is 9.47 Å². The van der Waals surface area contributed by atoms with Gasteiger partial charge < -0.3 is 14.6 Å². The lowest BCUT2D eigenvalue weighted by atomic mass is 9.92. The monoisotopic (exact) mass is 461 g/mol. The summed E-state index contributed by atoms with van der Waals surface area (Å²) in [4.78, 5) is 27.8. The van der Waals surface area contributed by atoms with E-state index in [1.807, 2.05) is 6.92 Å². The van der Waals surface area contributed by atoms with Gasteiger partial charge in [0.1, 0.15) is 23.1 Å². The average molecular weight is 461 g/mol. The van der Waals surface area contributed by atoms with Gasteiger partial charge in [-0.1, -0.05) is 18.2 Å². The van der Waals surface area contributed by atoms with Crippen LogP contribution in [0.4, 0.5) is 10.1 Å². The highest BCUT2D eigenvalue weighted by atomic mass is 19.1. The van der Waals surface area contributed by atoms with Gasteiger partial charge in [0.05, 0.1) is 25.8 Å². The van der Waals surface area contributed by atoms with Crippen molar-refractivity contribution >= 4 is 23.1 Å². The lowest BCUT2D eigenvalue weighted by Crippen LogP contribution is -2.29. The molecule has 1 fully saturated rings. The van der Waals surface area contributed by atoms with Gasteiger partial charge in [0.25, 0.3) is 11.7 Å². The van der Waals surface area contributed by atoms with E-state index < -0.39 is 23.5 Å². The first-order valence-electron chi connectivity index (χ1n) is 10.6. The Kier molecular flexibility index (Phi) is 6.11. The van der Waals surface area contributed by atoms with Crippen molar-refractivity contribution in [2.24, 2.45) is 0 Å². The zero-order chi connectivity index (χ0) is 24.6. The van der Waals surface area contributed by atoms with Gasteiger partial charge in [-0.2, -0.15) is 0 Å². The van der Waals surface area contributed by atoms with E-state index in [-0.39, 0.29) is 11.3 Å². The number of hydrogen-bond acceptors (Lipinski definition) is 5. The number of halogens is 1. The molecule has 3 aromatic carbocycles. The number of ketones is 1. The minimum atomic E-state index is -0.983. The second kappa shape index (κ2) is 9.02. The van der Waals surface area contributed by atoms with Gasteiger partial charge in [-0.25, -0.2) is 4.39 Å². The molecule has 1 unspecified atom stereocenters. The number of amides is 1. The van der Waals surface area contributed by atoms with Gasteiger partial charge >= 0.3 is 0 Å². The second-order valence-electron chi connectivity index (χ2n) is 8.02. The van der Waals surface area contributed by atoms with E-state index in [9.17, 15) is 19.1 Å². The summed E-state index contributed by atoms with van der Waals surface area (Å²) >= 11 is 0. The summed E-state index contributed by atoms with van der Waals surface area (Å²) in [5, 5.41) is 11.4. The highest BCUT2D eigenvalue weighted by Crippen LogP contribution is 2.45. The molecule has 1 aliphatic heterocycles. The number of para-hydroxylation sites is 1. The molecule has 4 rings (SSSR count). The number of hydrogen-bond donors (Lipinski definition) is 1. The molecule has 7 heteroatoms. The van der Waals surface area contributed by atoms with Crippen molar-refractivity contribution in [3.8, 4) is 11.5 Å². The maximum absolute atomic E-state index is 13.6. The first-order valence-corrected chi connectivity index (χ1v) is 10.6. The molecule has 1 amide bonds. The van der Waals surface area contributed by atoms with E-state index in [1.54, 1.807) is 50.4 Å². The van der Waals surface area contributed by atoms with Crippen molar-refractivity contribution in [2.75, 3.05) is 19.1 Å². The number of Topliss-reactive ketones (excluding diaryl/α,β-unsaturated/α-hetero) is 1. The fourth-order valence-electron chi connectivity index (χ4n) is 4.30. The smallest absolute Gasteiger partial charge is 0.300 e. The van der Waals surface area contributed by atoms with Crippen molar-refractivity contribution in [3.05, 3.63) is 94.3 Å². The Labute approximate surface area is 196 Å². The summed E-state index contributed by atoms with van der Waals surface area (Å²) in [6.07, 6.45) is 0. The van der Waals surface area contributed by atoms with Crippen LogP contribution in [0.15, 0.2) is 66.2 Å². The van der Waals surface area contributed by atoms with Gasteiger partial charge in [-0.3, -0.25) is 14.5 Å². The number of aliphatic hydroxyl groups is 1. The number of aliphatic hydroxyl groups excluding tert-OH is 1. The maximum Gasteiger partial charge on any atom is 0.300 e. The largest absolute Gasteiger partial charge is 0.507 e. The molecule has 1 N–H and O–H groups in total. The van der Waals surface area contributed by atoms with Crippen molar-refractivity contribution in [3.63, 3.8) is 0 Å². The zero-order valence-corrected chi connectivity index (χ0v) is 19.3. The number of aryl methyl sites for hydroxylation is 2. The molecule has 0 aliphatic carbocycles. The number of methoxy groups -OCH3 is 2. The molecule has 0 radical (unpaired) electrons. The number of rotatable bonds is 5. The molecule has 1 atom stereocenters. The Balaban J connectivity index is 2.00. The predicted molar refractivity (Wildman–Crippen MR) is 127 cm³/mol. The summed E-state index contributed by atoms with van der Waals surface area (Å²) in [5.74, 6) is -1.37. The Morgan fingerprint density at radius 3 is 2.21 bits per heavy atom. The van der Waals surface area contributed by atoms with E-state index in [0.29, 0.717) is 33.9 Å². The standard InChI is InChI=1S/C27H24FNO5/c1-15-14-22(34-4)16(2)13-20(15)25(30)23-24(19-7-5-6-8-21(19)33-3)29(27(32)26(23)31)18-11-9-17(28)10-12-18/h5-14,24,30H,1-4H3/b25-23+. The van der Waals surface area contributed by atoms with Crippen LogP contribution in [-0.4, -0.2) is 31.0 Å². The molecule has 3 aromatic rings. The second-order valence-corrected chi connectivity index (χ2v) is 8.02. The molecule has 174 valence electrons. The van der Waals surface area contributed by atoms with E-state index in [0.717, 1.165) is 5.56 Å². The van der Waals surface area contributed by atoms with E-state index >= 15 is 0 Å². The van der Waals surface area contributed by atoms with Gasteiger partial charge in [-0.05, 0) is 67.4 Å². The number of ether oxygens (including phenoxy) is 2. The minimum absolute atomic E-state index is 0.0773. The van der Waals surface area contributed by atoms with Crippen LogP contribution in [-0.2, 0) is 9.59 Å². The number of nitrogens with zero attached hydrogens (tertiary/aromatic N) is 1. The molecule has 1 heterocycles. The maximum atomic E-state index is 13.6. The molecular weight excluding hydrogens is 437 g/mol. The van der Waals surface area contributed by atoms with Crippen LogP contribution in [0.1, 0.15) is 28.3 Å². The van der Waals surface area contributed by atoms with Crippen LogP contribution < -0.4 is 14.4 Å². The third kappa shape index (κ3) is 3.79. The third-order valence-electron chi connectivity index (χ3n) is 5.98. The first-order chi connectivity index (χ1) is 16.3. The number of benzene rings is 3. The number of anilines is 1. The lowest BCUT2D eigenvalue weighted by molar-refractivity contribution is -0.132. The van der Waals surface area contributed by atoms with Crippen LogP contribution in [0.25, 0.3) is 5.76 Å². The van der Waals surface area contributed by atoms with Crippen LogP contribution in [0.5, 0.6) is 11.5 Å². The van der Waals surface area contributed by atoms with Gasteiger partial charge in [0.15, 0.2) is 0 Å². The van der Waals surface area contributed by atoms with Crippen molar-refractivity contribution < 1.29 is 28.6 Å². The van der Waals surface area contributed by atoms with Crippen molar-refractivity contribution in [1.29, 1.82) is 0 Å². The third-order valence-corrected chi connectivity index (χ3v) is 5.98. The highest BCUT2D eigenvalue weighted by Gasteiger charge is 2.48. The molecule has 0 saturated carbocycles. The molecule has 6 nitrogen and oxygen atoms in total. The van der Waals surface area contributed by atoms with E-state index in [1.165, 1.54) is 36.3 Å². The quantitative estimate of drug-likeness (QED) is 0.326. The Hall–Kier alpha value is -4.13. The van der Waals surface area contributed by atoms with Crippen LogP contribution in [0, 0.1) is 19.7 Å². The minimum Gasteiger partial charge on any atom is -0.507 e. The highest BCUT2D eigenvalue weighted by molar-refractivity contribution is 6.51. The molecular formula is C27H24FNO5. The number of carbonyl (C=O) groups is 2. The Bertz CT molecular complexity index is 1310. The first kappa shape index (κ1) is 23.0. The summed E-state index contributed by atoms with van der Waals surface area (Å²) in [5.41, 5.74) is 2.60. The summed E-state index contributed by atoms with van der Waals surface area (Å²) in [7, 11) is 3.04. The van der Waals surface area contributed by atoms with Gasteiger partial charge in [0, 0.05) is 16.8 Å². The fourth-order valence-corrected chi connectivity index (χ4v) is 4.30. The Morgan fingerprint density at radius 2 is 1.56 bits per heavy atom. The normalized spacial score (nSPS) is 17.2. The van der Waals surface area contributed by atoms with E-state index in [2.05, 4.69) is 0 Å². The van der Waals surface area contributed by atoms with Crippen LogP contribution in [0.2, 0.25) is 0 Å². The predicted octanol–water partition coefficient (Wildman–Crippen LogP) is 5.09. The topological polar surface area (TPSA) is 76.1 Å². The molecule has 34 heavy (non-hydrogen) atoms. The molecule has 1 saturated heterocycles. The van der Waals surface area contributed by atoms with Crippen molar-refractivity contribution in [1.82, 2.24) is 0 Å². The average Bonchev–Trinajstić information content (AvgIpc) is 3.10. The fraction of sp³-hybridized carbons (Fsp3) is 0.185. The van der Waals surface area contributed by atoms with Crippen LogP contribution >= 0.6 is 0 Å². The molecule has 0 aromatic heterocycles. The number of carbonyl (C=O) groups excluding carboxylic acids is 2. The molecule has 0 bridgehead atoms.